The molecular weight excluding hydrogens is 376 g/mol. The number of aromatic hydroxyl groups is 1. The first-order chi connectivity index (χ1) is 11.4. The van der Waals surface area contributed by atoms with E-state index >= 15 is 0 Å². The largest absolute Gasteiger partial charge is 0.507 e. The van der Waals surface area contributed by atoms with Crippen LogP contribution in [0.4, 0.5) is 0 Å². The fourth-order valence-corrected chi connectivity index (χ4v) is 3.07. The Morgan fingerprint density at radius 1 is 1.38 bits per heavy atom. The number of benzene rings is 1. The Hall–Kier alpha value is -2.07. The Labute approximate surface area is 148 Å². The van der Waals surface area contributed by atoms with Crippen LogP contribution in [-0.4, -0.2) is 28.6 Å². The van der Waals surface area contributed by atoms with Crippen molar-refractivity contribution in [2.24, 2.45) is 0 Å². The Kier molecular flexibility index (Phi) is 5.84. The highest BCUT2D eigenvalue weighted by Gasteiger charge is 2.35. The van der Waals surface area contributed by atoms with Crippen LogP contribution in [0.25, 0.3) is 0 Å². The molecule has 1 aliphatic rings. The summed E-state index contributed by atoms with van der Waals surface area (Å²) in [7, 11) is 0. The maximum Gasteiger partial charge on any atom is 0.342 e. The van der Waals surface area contributed by atoms with Gasteiger partial charge >= 0.3 is 5.97 Å². The molecule has 6 nitrogen and oxygen atoms in total. The second-order valence-electron chi connectivity index (χ2n) is 5.95. The van der Waals surface area contributed by atoms with Crippen molar-refractivity contribution >= 4 is 27.8 Å². The molecule has 0 heterocycles. The van der Waals surface area contributed by atoms with Crippen molar-refractivity contribution in [2.75, 3.05) is 0 Å². The van der Waals surface area contributed by atoms with E-state index in [1.54, 1.807) is 6.07 Å². The second-order valence-corrected chi connectivity index (χ2v) is 6.87. The number of rotatable bonds is 4. The zero-order valence-corrected chi connectivity index (χ0v) is 14.9. The molecule has 1 aliphatic carbocycles. The van der Waals surface area contributed by atoms with Gasteiger partial charge in [0.05, 0.1) is 6.07 Å². The summed E-state index contributed by atoms with van der Waals surface area (Å²) in [6.07, 6.45) is 2.95. The van der Waals surface area contributed by atoms with Crippen molar-refractivity contribution in [3.63, 3.8) is 0 Å². The van der Waals surface area contributed by atoms with Crippen LogP contribution in [0.15, 0.2) is 22.7 Å². The van der Waals surface area contributed by atoms with Gasteiger partial charge in [0.25, 0.3) is 5.91 Å². The molecule has 0 bridgehead atoms. The van der Waals surface area contributed by atoms with E-state index in [2.05, 4.69) is 27.3 Å². The molecule has 0 aromatic heterocycles. The second kappa shape index (κ2) is 7.67. The van der Waals surface area contributed by atoms with E-state index in [-0.39, 0.29) is 11.3 Å². The summed E-state index contributed by atoms with van der Waals surface area (Å²) in [6, 6.07) is 6.55. The summed E-state index contributed by atoms with van der Waals surface area (Å²) in [4.78, 5) is 24.4. The molecule has 1 fully saturated rings. The highest BCUT2D eigenvalue weighted by Crippen LogP contribution is 2.28. The molecule has 0 radical (unpaired) electrons. The molecule has 1 aromatic carbocycles. The minimum Gasteiger partial charge on any atom is -0.507 e. The first-order valence-corrected chi connectivity index (χ1v) is 8.59. The number of nitrogens with zero attached hydrogens (tertiary/aromatic N) is 1. The van der Waals surface area contributed by atoms with Gasteiger partial charge in [-0.3, -0.25) is 4.79 Å². The maximum atomic E-state index is 12.3. The topological polar surface area (TPSA) is 99.4 Å². The molecule has 24 heavy (non-hydrogen) atoms. The molecule has 1 saturated carbocycles. The first-order valence-electron chi connectivity index (χ1n) is 7.80. The lowest BCUT2D eigenvalue weighted by Gasteiger charge is -2.32. The standard InChI is InChI=1S/C17H19BrN2O4/c1-11(15(22)20-17(10-19)7-3-2-4-8-17)24-16(23)13-9-12(18)5-6-14(13)21/h5-6,9,11,21H,2-4,7-8H2,1H3,(H,20,22)/t11-/m0/s1. The zero-order chi connectivity index (χ0) is 17.7. The van der Waals surface area contributed by atoms with Crippen LogP contribution in [0, 0.1) is 11.3 Å². The van der Waals surface area contributed by atoms with Crippen molar-refractivity contribution < 1.29 is 19.4 Å². The number of ether oxygens (including phenoxy) is 1. The van der Waals surface area contributed by atoms with E-state index in [0.717, 1.165) is 19.3 Å². The average molecular weight is 395 g/mol. The minimum absolute atomic E-state index is 0.0308. The fourth-order valence-electron chi connectivity index (χ4n) is 2.71. The summed E-state index contributed by atoms with van der Waals surface area (Å²) in [5.74, 6) is -1.54. The van der Waals surface area contributed by atoms with Crippen LogP contribution in [-0.2, 0) is 9.53 Å². The summed E-state index contributed by atoms with van der Waals surface area (Å²) >= 11 is 3.21. The lowest BCUT2D eigenvalue weighted by atomic mass is 9.83. The molecule has 0 saturated heterocycles. The van der Waals surface area contributed by atoms with Crippen molar-refractivity contribution in [3.8, 4) is 11.8 Å². The van der Waals surface area contributed by atoms with Crippen LogP contribution in [0.1, 0.15) is 49.4 Å². The Balaban J connectivity index is 2.02. The number of amides is 1. The number of halogens is 1. The van der Waals surface area contributed by atoms with Crippen molar-refractivity contribution in [1.29, 1.82) is 5.26 Å². The molecule has 2 N–H and O–H groups in total. The van der Waals surface area contributed by atoms with Gasteiger partial charge in [0.2, 0.25) is 0 Å². The lowest BCUT2D eigenvalue weighted by molar-refractivity contribution is -0.130. The van der Waals surface area contributed by atoms with E-state index in [1.165, 1.54) is 19.1 Å². The smallest absolute Gasteiger partial charge is 0.342 e. The van der Waals surface area contributed by atoms with Gasteiger partial charge in [-0.1, -0.05) is 35.2 Å². The molecule has 7 heteroatoms. The van der Waals surface area contributed by atoms with Crippen molar-refractivity contribution in [1.82, 2.24) is 5.32 Å². The fraction of sp³-hybridized carbons (Fsp3) is 0.471. The molecule has 1 atom stereocenters. The van der Waals surface area contributed by atoms with Gasteiger partial charge in [-0.05, 0) is 38.0 Å². The highest BCUT2D eigenvalue weighted by atomic mass is 79.9. The van der Waals surface area contributed by atoms with Crippen LogP contribution in [0.3, 0.4) is 0 Å². The summed E-state index contributed by atoms with van der Waals surface area (Å²) in [6.45, 7) is 1.44. The molecule has 0 spiro atoms. The Morgan fingerprint density at radius 3 is 2.67 bits per heavy atom. The molecule has 0 aliphatic heterocycles. The number of phenols is 1. The van der Waals surface area contributed by atoms with E-state index < -0.39 is 23.5 Å². The van der Waals surface area contributed by atoms with Crippen LogP contribution >= 0.6 is 15.9 Å². The number of carbonyl (C=O) groups excluding carboxylic acids is 2. The molecular formula is C17H19BrN2O4. The lowest BCUT2D eigenvalue weighted by Crippen LogP contribution is -2.52. The first kappa shape index (κ1) is 18.3. The number of hydrogen-bond donors (Lipinski definition) is 2. The van der Waals surface area contributed by atoms with Crippen LogP contribution in [0.2, 0.25) is 0 Å². The SMILES string of the molecule is C[C@H](OC(=O)c1cc(Br)ccc1O)C(=O)NC1(C#N)CCCCC1. The number of esters is 1. The molecule has 2 rings (SSSR count). The third-order valence-corrected chi connectivity index (χ3v) is 4.61. The van der Waals surface area contributed by atoms with E-state index in [1.807, 2.05) is 0 Å². The molecule has 1 aromatic rings. The van der Waals surface area contributed by atoms with Crippen LogP contribution in [0.5, 0.6) is 5.75 Å². The normalized spacial score (nSPS) is 17.4. The van der Waals surface area contributed by atoms with E-state index in [9.17, 15) is 20.0 Å². The van der Waals surface area contributed by atoms with Crippen molar-refractivity contribution in [3.05, 3.63) is 28.2 Å². The van der Waals surface area contributed by atoms with Gasteiger partial charge in [-0.2, -0.15) is 5.26 Å². The molecule has 0 unspecified atom stereocenters. The number of hydrogen-bond acceptors (Lipinski definition) is 5. The Morgan fingerprint density at radius 2 is 2.04 bits per heavy atom. The predicted molar refractivity (Wildman–Crippen MR) is 90.3 cm³/mol. The van der Waals surface area contributed by atoms with E-state index in [4.69, 9.17) is 4.74 Å². The third kappa shape index (κ3) is 4.26. The maximum absolute atomic E-state index is 12.3. The van der Waals surface area contributed by atoms with Crippen molar-refractivity contribution in [2.45, 2.75) is 50.7 Å². The Bertz CT molecular complexity index is 678. The van der Waals surface area contributed by atoms with Gasteiger partial charge in [0.15, 0.2) is 6.10 Å². The van der Waals surface area contributed by atoms with Gasteiger partial charge < -0.3 is 15.2 Å². The summed E-state index contributed by atoms with van der Waals surface area (Å²) < 4.78 is 5.73. The number of nitriles is 1. The van der Waals surface area contributed by atoms with Gasteiger partial charge in [0, 0.05) is 4.47 Å². The monoisotopic (exact) mass is 394 g/mol. The number of carbonyl (C=O) groups is 2. The van der Waals surface area contributed by atoms with E-state index in [0.29, 0.717) is 17.3 Å². The van der Waals surface area contributed by atoms with Crippen LogP contribution < -0.4 is 5.32 Å². The van der Waals surface area contributed by atoms with Gasteiger partial charge in [0.1, 0.15) is 16.9 Å². The van der Waals surface area contributed by atoms with Gasteiger partial charge in [-0.15, -0.1) is 0 Å². The minimum atomic E-state index is -1.07. The summed E-state index contributed by atoms with van der Waals surface area (Å²) in [5, 5.41) is 21.8. The van der Waals surface area contributed by atoms with Gasteiger partial charge in [-0.25, -0.2) is 4.79 Å². The quantitative estimate of drug-likeness (QED) is 0.764. The number of phenolic OH excluding ortho intramolecular Hbond substituents is 1. The predicted octanol–water partition coefficient (Wildman–Crippen LogP) is 3.04. The zero-order valence-electron chi connectivity index (χ0n) is 13.3. The molecule has 1 amide bonds. The third-order valence-electron chi connectivity index (χ3n) is 4.12. The highest BCUT2D eigenvalue weighted by molar-refractivity contribution is 9.10. The molecule has 128 valence electrons. The number of nitrogens with one attached hydrogen (secondary N) is 1. The summed E-state index contributed by atoms with van der Waals surface area (Å²) in [5.41, 5.74) is -0.912. The average Bonchev–Trinajstić information content (AvgIpc) is 2.57.